The molecule has 4 nitrogen and oxygen atoms in total. The first-order valence-corrected chi connectivity index (χ1v) is 8.32. The van der Waals surface area contributed by atoms with Crippen molar-refractivity contribution in [3.8, 4) is 0 Å². The summed E-state index contributed by atoms with van der Waals surface area (Å²) in [7, 11) is 2.02. The number of rotatable bonds is 6. The van der Waals surface area contributed by atoms with Gasteiger partial charge < -0.3 is 10.4 Å². The molecule has 0 unspecified atom stereocenters. The van der Waals surface area contributed by atoms with Gasteiger partial charge in [0.2, 0.25) is 5.91 Å². The number of anilines is 1. The van der Waals surface area contributed by atoms with Crippen molar-refractivity contribution < 1.29 is 9.90 Å². The number of hydrogen-bond donors (Lipinski definition) is 2. The fourth-order valence-corrected chi connectivity index (χ4v) is 3.26. The molecule has 0 saturated heterocycles. The van der Waals surface area contributed by atoms with Crippen LogP contribution in [0.1, 0.15) is 38.2 Å². The predicted molar refractivity (Wildman–Crippen MR) is 89.9 cm³/mol. The fourth-order valence-electron chi connectivity index (χ4n) is 3.26. The van der Waals surface area contributed by atoms with Gasteiger partial charge in [-0.1, -0.05) is 25.1 Å². The number of likely N-dealkylation sites (N-methyl/N-ethyl adjacent to an activating group) is 1. The highest BCUT2D eigenvalue weighted by Crippen LogP contribution is 2.26. The van der Waals surface area contributed by atoms with Crippen LogP contribution in [0.2, 0.25) is 0 Å². The Morgan fingerprint density at radius 3 is 2.59 bits per heavy atom. The molecule has 1 aromatic rings. The number of nitrogens with one attached hydrogen (secondary N) is 1. The lowest BCUT2D eigenvalue weighted by atomic mass is 9.86. The van der Waals surface area contributed by atoms with Gasteiger partial charge in [0.1, 0.15) is 0 Å². The molecule has 0 atom stereocenters. The molecule has 2 rings (SSSR count). The van der Waals surface area contributed by atoms with Gasteiger partial charge in [-0.15, -0.1) is 0 Å². The van der Waals surface area contributed by atoms with Gasteiger partial charge in [-0.3, -0.25) is 9.69 Å². The van der Waals surface area contributed by atoms with Crippen LogP contribution in [-0.2, 0) is 11.2 Å². The van der Waals surface area contributed by atoms with E-state index in [0.29, 0.717) is 25.1 Å². The van der Waals surface area contributed by atoms with E-state index < -0.39 is 0 Å². The third-order valence-electron chi connectivity index (χ3n) is 4.76. The number of amides is 1. The van der Waals surface area contributed by atoms with Crippen LogP contribution < -0.4 is 5.32 Å². The summed E-state index contributed by atoms with van der Waals surface area (Å²) in [5.74, 6) is 0.502. The molecule has 0 radical (unpaired) electrons. The maximum absolute atomic E-state index is 12.3. The Hall–Kier alpha value is -1.39. The number of aliphatic hydroxyl groups is 1. The number of aryl methyl sites for hydroxylation is 1. The van der Waals surface area contributed by atoms with Gasteiger partial charge in [-0.05, 0) is 56.7 Å². The van der Waals surface area contributed by atoms with Crippen molar-refractivity contribution in [2.45, 2.75) is 45.1 Å². The minimum absolute atomic E-state index is 0.0488. The molecule has 1 aromatic carbocycles. The standard InChI is InChI=1S/C18H28N2O2/c1-3-15-6-4-5-7-17(15)19-18(22)12-20(2)16-10-8-14(13-21)9-11-16/h4-7,14,16,21H,3,8-13H2,1-2H3,(H,19,22). The second kappa shape index (κ2) is 8.30. The van der Waals surface area contributed by atoms with E-state index in [1.807, 2.05) is 25.2 Å². The van der Waals surface area contributed by atoms with Crippen LogP contribution in [0.5, 0.6) is 0 Å². The summed E-state index contributed by atoms with van der Waals surface area (Å²) >= 11 is 0. The minimum Gasteiger partial charge on any atom is -0.396 e. The normalized spacial score (nSPS) is 21.8. The molecule has 4 heteroatoms. The predicted octanol–water partition coefficient (Wildman–Crippen LogP) is 2.67. The lowest BCUT2D eigenvalue weighted by Gasteiger charge is -2.33. The summed E-state index contributed by atoms with van der Waals surface area (Å²) in [6.45, 7) is 2.81. The number of nitrogens with zero attached hydrogens (tertiary/aromatic N) is 1. The Labute approximate surface area is 133 Å². The summed E-state index contributed by atoms with van der Waals surface area (Å²) in [5, 5.41) is 12.2. The van der Waals surface area contributed by atoms with E-state index in [-0.39, 0.29) is 5.91 Å². The Balaban J connectivity index is 1.84. The van der Waals surface area contributed by atoms with Crippen LogP contribution >= 0.6 is 0 Å². The smallest absolute Gasteiger partial charge is 0.238 e. The number of aliphatic hydroxyl groups excluding tert-OH is 1. The van der Waals surface area contributed by atoms with Crippen molar-refractivity contribution in [3.63, 3.8) is 0 Å². The van der Waals surface area contributed by atoms with Crippen molar-refractivity contribution in [1.82, 2.24) is 4.90 Å². The topological polar surface area (TPSA) is 52.6 Å². The van der Waals surface area contributed by atoms with Gasteiger partial charge in [-0.2, -0.15) is 0 Å². The molecule has 0 aromatic heterocycles. The SMILES string of the molecule is CCc1ccccc1NC(=O)CN(C)C1CCC(CO)CC1. The van der Waals surface area contributed by atoms with Gasteiger partial charge in [0.25, 0.3) is 0 Å². The van der Waals surface area contributed by atoms with Gasteiger partial charge in [-0.25, -0.2) is 0 Å². The van der Waals surface area contributed by atoms with Gasteiger partial charge >= 0.3 is 0 Å². The van der Waals surface area contributed by atoms with Crippen LogP contribution in [0, 0.1) is 5.92 Å². The zero-order valence-electron chi connectivity index (χ0n) is 13.7. The van der Waals surface area contributed by atoms with E-state index in [4.69, 9.17) is 0 Å². The molecular weight excluding hydrogens is 276 g/mol. The number of carbonyl (C=O) groups excluding carboxylic acids is 1. The van der Waals surface area contributed by atoms with Crippen molar-refractivity contribution in [2.75, 3.05) is 25.5 Å². The second-order valence-corrected chi connectivity index (χ2v) is 6.33. The molecule has 1 aliphatic carbocycles. The number of para-hydroxylation sites is 1. The maximum Gasteiger partial charge on any atom is 0.238 e. The molecule has 0 bridgehead atoms. The van der Waals surface area contributed by atoms with E-state index in [1.54, 1.807) is 0 Å². The average Bonchev–Trinajstić information content (AvgIpc) is 2.55. The molecule has 1 aliphatic rings. The summed E-state index contributed by atoms with van der Waals surface area (Å²) in [5.41, 5.74) is 2.09. The number of benzene rings is 1. The van der Waals surface area contributed by atoms with Crippen molar-refractivity contribution >= 4 is 11.6 Å². The Morgan fingerprint density at radius 2 is 1.95 bits per heavy atom. The zero-order chi connectivity index (χ0) is 15.9. The number of hydrogen-bond acceptors (Lipinski definition) is 3. The highest BCUT2D eigenvalue weighted by atomic mass is 16.3. The van der Waals surface area contributed by atoms with Crippen molar-refractivity contribution in [2.24, 2.45) is 5.92 Å². The van der Waals surface area contributed by atoms with Gasteiger partial charge in [0.05, 0.1) is 6.54 Å². The Kier molecular flexibility index (Phi) is 6.40. The molecule has 122 valence electrons. The van der Waals surface area contributed by atoms with E-state index in [2.05, 4.69) is 23.2 Å². The fraction of sp³-hybridized carbons (Fsp3) is 0.611. The summed E-state index contributed by atoms with van der Waals surface area (Å²) in [6, 6.07) is 8.42. The van der Waals surface area contributed by atoms with Crippen LogP contribution in [0.25, 0.3) is 0 Å². The Morgan fingerprint density at radius 1 is 1.27 bits per heavy atom. The first-order chi connectivity index (χ1) is 10.6. The minimum atomic E-state index is 0.0488. The molecule has 0 aliphatic heterocycles. The number of carbonyl (C=O) groups is 1. The molecule has 0 spiro atoms. The highest BCUT2D eigenvalue weighted by Gasteiger charge is 2.24. The third-order valence-corrected chi connectivity index (χ3v) is 4.76. The lowest BCUT2D eigenvalue weighted by molar-refractivity contribution is -0.117. The molecular formula is C18H28N2O2. The van der Waals surface area contributed by atoms with E-state index in [9.17, 15) is 9.90 Å². The monoisotopic (exact) mass is 304 g/mol. The molecule has 1 fully saturated rings. The van der Waals surface area contributed by atoms with Crippen LogP contribution in [-0.4, -0.2) is 42.2 Å². The molecule has 2 N–H and O–H groups in total. The summed E-state index contributed by atoms with van der Waals surface area (Å²) in [6.07, 6.45) is 5.18. The average molecular weight is 304 g/mol. The van der Waals surface area contributed by atoms with Crippen molar-refractivity contribution in [1.29, 1.82) is 0 Å². The van der Waals surface area contributed by atoms with Gasteiger partial charge in [0, 0.05) is 18.3 Å². The largest absolute Gasteiger partial charge is 0.396 e. The van der Waals surface area contributed by atoms with E-state index in [1.165, 1.54) is 5.56 Å². The maximum atomic E-state index is 12.3. The molecule has 1 saturated carbocycles. The molecule has 22 heavy (non-hydrogen) atoms. The third kappa shape index (κ3) is 4.55. The molecule has 1 amide bonds. The summed E-state index contributed by atoms with van der Waals surface area (Å²) < 4.78 is 0. The quantitative estimate of drug-likeness (QED) is 0.849. The van der Waals surface area contributed by atoms with Crippen LogP contribution in [0.3, 0.4) is 0 Å². The highest BCUT2D eigenvalue weighted by molar-refractivity contribution is 5.93. The van der Waals surface area contributed by atoms with Crippen molar-refractivity contribution in [3.05, 3.63) is 29.8 Å². The van der Waals surface area contributed by atoms with Gasteiger partial charge in [0.15, 0.2) is 0 Å². The first kappa shape index (κ1) is 17.0. The van der Waals surface area contributed by atoms with E-state index >= 15 is 0 Å². The van der Waals surface area contributed by atoms with Crippen LogP contribution in [0.4, 0.5) is 5.69 Å². The lowest BCUT2D eigenvalue weighted by Crippen LogP contribution is -2.40. The van der Waals surface area contributed by atoms with E-state index in [0.717, 1.165) is 37.8 Å². The second-order valence-electron chi connectivity index (χ2n) is 6.33. The Bertz CT molecular complexity index is 482. The van der Waals surface area contributed by atoms with Crippen LogP contribution in [0.15, 0.2) is 24.3 Å². The summed E-state index contributed by atoms with van der Waals surface area (Å²) in [4.78, 5) is 14.4. The zero-order valence-corrected chi connectivity index (χ0v) is 13.7. The first-order valence-electron chi connectivity index (χ1n) is 8.32. The molecule has 0 heterocycles.